The van der Waals surface area contributed by atoms with Crippen molar-refractivity contribution >= 4 is 16.0 Å². The first-order valence-corrected chi connectivity index (χ1v) is 8.37. The predicted octanol–water partition coefficient (Wildman–Crippen LogP) is 0.297. The first-order chi connectivity index (χ1) is 8.99. The highest BCUT2D eigenvalue weighted by Crippen LogP contribution is 2.10. The summed E-state index contributed by atoms with van der Waals surface area (Å²) in [7, 11) is -1.71. The Morgan fingerprint density at radius 2 is 1.84 bits per heavy atom. The van der Waals surface area contributed by atoms with E-state index in [-0.39, 0.29) is 11.7 Å². The van der Waals surface area contributed by atoms with Crippen LogP contribution in [0, 0.1) is 0 Å². The van der Waals surface area contributed by atoms with Crippen molar-refractivity contribution < 1.29 is 17.9 Å². The third-order valence-corrected chi connectivity index (χ3v) is 5.30. The molecule has 0 unspecified atom stereocenters. The number of nitrogens with zero attached hydrogens (tertiary/aromatic N) is 2. The Balaban J connectivity index is 2.34. The predicted molar refractivity (Wildman–Crippen MR) is 73.3 cm³/mol. The Kier molecular flexibility index (Phi) is 6.74. The molecule has 1 heterocycles. The van der Waals surface area contributed by atoms with Gasteiger partial charge in [0, 0.05) is 32.7 Å². The van der Waals surface area contributed by atoms with Crippen LogP contribution in [-0.4, -0.2) is 69.2 Å². The van der Waals surface area contributed by atoms with Crippen LogP contribution in [-0.2, 0) is 19.6 Å². The summed E-state index contributed by atoms with van der Waals surface area (Å²) in [4.78, 5) is 13.1. The highest BCUT2D eigenvalue weighted by atomic mass is 32.2. The summed E-state index contributed by atoms with van der Waals surface area (Å²) < 4.78 is 30.1. The molecule has 1 saturated heterocycles. The third-order valence-electron chi connectivity index (χ3n) is 3.34. The SMILES string of the molecule is CCCCS(=O)(=O)N1CCN(CCC(=O)OC)CC1. The standard InChI is InChI=1S/C12H24N2O4S/c1-3-4-11-19(16,17)14-9-7-13(8-10-14)6-5-12(15)18-2/h3-11H2,1-2H3. The second kappa shape index (κ2) is 7.81. The van der Waals surface area contributed by atoms with Gasteiger partial charge in [-0.15, -0.1) is 0 Å². The van der Waals surface area contributed by atoms with E-state index >= 15 is 0 Å². The lowest BCUT2D eigenvalue weighted by Crippen LogP contribution is -2.49. The van der Waals surface area contributed by atoms with Crippen molar-refractivity contribution in [3.63, 3.8) is 0 Å². The van der Waals surface area contributed by atoms with Crippen LogP contribution >= 0.6 is 0 Å². The number of carbonyl (C=O) groups is 1. The molecule has 1 aliphatic rings. The molecule has 0 aromatic rings. The molecule has 0 aromatic carbocycles. The summed E-state index contributed by atoms with van der Waals surface area (Å²) in [6.07, 6.45) is 1.96. The average Bonchev–Trinajstić information content (AvgIpc) is 2.43. The molecule has 112 valence electrons. The molecule has 0 aromatic heterocycles. The Hall–Kier alpha value is -0.660. The Labute approximate surface area is 115 Å². The number of methoxy groups -OCH3 is 1. The summed E-state index contributed by atoms with van der Waals surface area (Å²) in [5, 5.41) is 0. The van der Waals surface area contributed by atoms with Gasteiger partial charge in [0.15, 0.2) is 0 Å². The van der Waals surface area contributed by atoms with E-state index in [9.17, 15) is 13.2 Å². The van der Waals surface area contributed by atoms with E-state index in [1.54, 1.807) is 4.31 Å². The van der Waals surface area contributed by atoms with Gasteiger partial charge < -0.3 is 9.64 Å². The van der Waals surface area contributed by atoms with Gasteiger partial charge in [-0.05, 0) is 6.42 Å². The molecule has 1 aliphatic heterocycles. The minimum atomic E-state index is -3.09. The normalized spacial score (nSPS) is 18.4. The van der Waals surface area contributed by atoms with E-state index < -0.39 is 10.0 Å². The number of sulfonamides is 1. The molecular formula is C12H24N2O4S. The molecule has 0 atom stereocenters. The molecule has 0 saturated carbocycles. The molecule has 1 rings (SSSR count). The summed E-state index contributed by atoms with van der Waals surface area (Å²) in [5.74, 6) is 0.0176. The zero-order valence-corrected chi connectivity index (χ0v) is 12.6. The molecule has 0 bridgehead atoms. The zero-order chi connectivity index (χ0) is 14.3. The lowest BCUT2D eigenvalue weighted by Gasteiger charge is -2.33. The van der Waals surface area contributed by atoms with E-state index in [2.05, 4.69) is 9.64 Å². The molecule has 0 radical (unpaired) electrons. The summed E-state index contributed by atoms with van der Waals surface area (Å²) in [6, 6.07) is 0. The van der Waals surface area contributed by atoms with Crippen LogP contribution in [0.5, 0.6) is 0 Å². The average molecular weight is 292 g/mol. The molecule has 19 heavy (non-hydrogen) atoms. The van der Waals surface area contributed by atoms with Crippen molar-refractivity contribution in [3.8, 4) is 0 Å². The maximum Gasteiger partial charge on any atom is 0.306 e. The maximum atomic E-state index is 12.0. The fraction of sp³-hybridized carbons (Fsp3) is 0.917. The van der Waals surface area contributed by atoms with Crippen molar-refractivity contribution in [1.29, 1.82) is 0 Å². The summed E-state index contributed by atoms with van der Waals surface area (Å²) in [5.41, 5.74) is 0. The van der Waals surface area contributed by atoms with Gasteiger partial charge in [-0.2, -0.15) is 4.31 Å². The van der Waals surface area contributed by atoms with Crippen LogP contribution in [0.1, 0.15) is 26.2 Å². The Morgan fingerprint density at radius 1 is 1.21 bits per heavy atom. The largest absolute Gasteiger partial charge is 0.469 e. The van der Waals surface area contributed by atoms with E-state index in [4.69, 9.17) is 0 Å². The Bertz CT molecular complexity index is 375. The van der Waals surface area contributed by atoms with Gasteiger partial charge in [0.1, 0.15) is 0 Å². The second-order valence-corrected chi connectivity index (χ2v) is 6.82. The number of carbonyl (C=O) groups excluding carboxylic acids is 1. The molecule has 7 heteroatoms. The smallest absolute Gasteiger partial charge is 0.306 e. The fourth-order valence-corrected chi connectivity index (χ4v) is 3.67. The van der Waals surface area contributed by atoms with Crippen molar-refractivity contribution in [2.75, 3.05) is 45.6 Å². The highest BCUT2D eigenvalue weighted by Gasteiger charge is 2.26. The maximum absolute atomic E-state index is 12.0. The van der Waals surface area contributed by atoms with Gasteiger partial charge in [-0.1, -0.05) is 13.3 Å². The number of esters is 1. The zero-order valence-electron chi connectivity index (χ0n) is 11.8. The van der Waals surface area contributed by atoms with Gasteiger partial charge in [0.2, 0.25) is 10.0 Å². The first kappa shape index (κ1) is 16.4. The number of hydrogen-bond donors (Lipinski definition) is 0. The fourth-order valence-electron chi connectivity index (χ4n) is 2.04. The lowest BCUT2D eigenvalue weighted by molar-refractivity contribution is -0.141. The van der Waals surface area contributed by atoms with Crippen molar-refractivity contribution in [1.82, 2.24) is 9.21 Å². The van der Waals surface area contributed by atoms with E-state index in [0.29, 0.717) is 45.6 Å². The molecule has 6 nitrogen and oxygen atoms in total. The number of piperazine rings is 1. The molecule has 0 N–H and O–H groups in total. The highest BCUT2D eigenvalue weighted by molar-refractivity contribution is 7.89. The van der Waals surface area contributed by atoms with Crippen LogP contribution in [0.4, 0.5) is 0 Å². The second-order valence-electron chi connectivity index (χ2n) is 4.74. The summed E-state index contributed by atoms with van der Waals surface area (Å²) in [6.45, 7) is 5.03. The van der Waals surface area contributed by atoms with Gasteiger partial charge in [-0.3, -0.25) is 4.79 Å². The lowest BCUT2D eigenvalue weighted by atomic mass is 10.3. The van der Waals surface area contributed by atoms with Gasteiger partial charge in [-0.25, -0.2) is 8.42 Å². The minimum absolute atomic E-state index is 0.224. The van der Waals surface area contributed by atoms with Crippen molar-refractivity contribution in [2.24, 2.45) is 0 Å². The topological polar surface area (TPSA) is 66.9 Å². The Morgan fingerprint density at radius 3 is 2.37 bits per heavy atom. The molecule has 0 amide bonds. The van der Waals surface area contributed by atoms with Gasteiger partial charge in [0.05, 0.1) is 19.3 Å². The van der Waals surface area contributed by atoms with Crippen LogP contribution in [0.25, 0.3) is 0 Å². The number of hydrogen-bond acceptors (Lipinski definition) is 5. The van der Waals surface area contributed by atoms with Crippen molar-refractivity contribution in [2.45, 2.75) is 26.2 Å². The van der Waals surface area contributed by atoms with Crippen LogP contribution in [0.3, 0.4) is 0 Å². The molecular weight excluding hydrogens is 268 g/mol. The van der Waals surface area contributed by atoms with Crippen LogP contribution < -0.4 is 0 Å². The van der Waals surface area contributed by atoms with E-state index in [0.717, 1.165) is 6.42 Å². The third kappa shape index (κ3) is 5.46. The van der Waals surface area contributed by atoms with E-state index in [1.807, 2.05) is 6.92 Å². The number of rotatable bonds is 7. The monoisotopic (exact) mass is 292 g/mol. The van der Waals surface area contributed by atoms with Crippen molar-refractivity contribution in [3.05, 3.63) is 0 Å². The van der Waals surface area contributed by atoms with E-state index in [1.165, 1.54) is 7.11 Å². The molecule has 0 spiro atoms. The quantitative estimate of drug-likeness (QED) is 0.631. The van der Waals surface area contributed by atoms with Gasteiger partial charge >= 0.3 is 5.97 Å². The number of ether oxygens (including phenoxy) is 1. The van der Waals surface area contributed by atoms with Crippen LogP contribution in [0.15, 0.2) is 0 Å². The van der Waals surface area contributed by atoms with Crippen LogP contribution in [0.2, 0.25) is 0 Å². The first-order valence-electron chi connectivity index (χ1n) is 6.76. The summed E-state index contributed by atoms with van der Waals surface area (Å²) >= 11 is 0. The molecule has 0 aliphatic carbocycles. The molecule has 1 fully saturated rings. The minimum Gasteiger partial charge on any atom is -0.469 e. The number of unbranched alkanes of at least 4 members (excludes halogenated alkanes) is 1. The van der Waals surface area contributed by atoms with Gasteiger partial charge in [0.25, 0.3) is 0 Å².